The number of aromatic carboxylic acids is 1. The molecule has 0 bridgehead atoms. The maximum Gasteiger partial charge on any atom is 0.338 e. The summed E-state index contributed by atoms with van der Waals surface area (Å²) in [6.07, 6.45) is 0. The average molecular weight is 233 g/mol. The Hall–Kier alpha value is -1.81. The van der Waals surface area contributed by atoms with E-state index in [1.165, 1.54) is 0 Å². The van der Waals surface area contributed by atoms with Gasteiger partial charge in [0, 0.05) is 23.1 Å². The Labute approximate surface area is 99.1 Å². The predicted octanol–water partition coefficient (Wildman–Crippen LogP) is 1.95. The molecule has 1 aromatic carbocycles. The molecule has 2 rings (SSSR count). The smallest absolute Gasteiger partial charge is 0.338 e. The van der Waals surface area contributed by atoms with E-state index in [0.717, 1.165) is 16.5 Å². The van der Waals surface area contributed by atoms with Crippen LogP contribution in [0.1, 0.15) is 21.6 Å². The number of rotatable bonds is 3. The maximum atomic E-state index is 11.3. The quantitative estimate of drug-likeness (QED) is 0.851. The van der Waals surface area contributed by atoms with Crippen LogP contribution < -0.4 is 0 Å². The van der Waals surface area contributed by atoms with Gasteiger partial charge in [-0.1, -0.05) is 11.6 Å². The highest BCUT2D eigenvalue weighted by atomic mass is 16.4. The summed E-state index contributed by atoms with van der Waals surface area (Å²) in [6.45, 7) is 4.12. The molecule has 0 radical (unpaired) electrons. The van der Waals surface area contributed by atoms with Crippen LogP contribution in [0.3, 0.4) is 0 Å². The van der Waals surface area contributed by atoms with E-state index in [9.17, 15) is 9.90 Å². The molecule has 2 aromatic rings. The number of aromatic nitrogens is 1. The molecule has 90 valence electrons. The van der Waals surface area contributed by atoms with E-state index in [1.807, 2.05) is 29.7 Å². The zero-order chi connectivity index (χ0) is 12.6. The summed E-state index contributed by atoms with van der Waals surface area (Å²) in [4.78, 5) is 11.3. The van der Waals surface area contributed by atoms with Crippen molar-refractivity contribution in [3.8, 4) is 0 Å². The summed E-state index contributed by atoms with van der Waals surface area (Å²) in [5.74, 6) is -0.921. The molecule has 17 heavy (non-hydrogen) atoms. The fraction of sp³-hybridized carbons (Fsp3) is 0.308. The van der Waals surface area contributed by atoms with E-state index < -0.39 is 5.97 Å². The van der Waals surface area contributed by atoms with Crippen molar-refractivity contribution < 1.29 is 15.0 Å². The van der Waals surface area contributed by atoms with Gasteiger partial charge in [-0.2, -0.15) is 0 Å². The van der Waals surface area contributed by atoms with Gasteiger partial charge in [0.15, 0.2) is 0 Å². The lowest BCUT2D eigenvalue weighted by Gasteiger charge is -2.05. The van der Waals surface area contributed by atoms with Crippen molar-refractivity contribution in [3.05, 3.63) is 35.0 Å². The Morgan fingerprint density at radius 1 is 1.35 bits per heavy atom. The highest BCUT2D eigenvalue weighted by molar-refractivity contribution is 6.05. The highest BCUT2D eigenvalue weighted by Crippen LogP contribution is 2.26. The minimum atomic E-state index is -0.921. The average Bonchev–Trinajstić information content (AvgIpc) is 2.52. The molecule has 0 aliphatic heterocycles. The molecule has 0 amide bonds. The SMILES string of the molecule is Cc1ccc2c(c1)c(C(=O)O)c(C)n2CCO. The number of hydrogen-bond acceptors (Lipinski definition) is 2. The van der Waals surface area contributed by atoms with Crippen molar-refractivity contribution in [2.45, 2.75) is 20.4 Å². The van der Waals surface area contributed by atoms with Gasteiger partial charge >= 0.3 is 5.97 Å². The lowest BCUT2D eigenvalue weighted by Crippen LogP contribution is -2.05. The number of aliphatic hydroxyl groups is 1. The van der Waals surface area contributed by atoms with Gasteiger partial charge in [-0.25, -0.2) is 4.79 Å². The minimum absolute atomic E-state index is 0.00243. The van der Waals surface area contributed by atoms with Gasteiger partial charge in [0.2, 0.25) is 0 Å². The fourth-order valence-corrected chi connectivity index (χ4v) is 2.25. The van der Waals surface area contributed by atoms with Crippen molar-refractivity contribution in [1.29, 1.82) is 0 Å². The van der Waals surface area contributed by atoms with Crippen molar-refractivity contribution in [2.24, 2.45) is 0 Å². The van der Waals surface area contributed by atoms with Crippen LogP contribution in [0.4, 0.5) is 0 Å². The Bertz CT molecular complexity index is 584. The standard InChI is InChI=1S/C13H15NO3/c1-8-3-4-11-10(7-8)12(13(16)17)9(2)14(11)5-6-15/h3-4,7,15H,5-6H2,1-2H3,(H,16,17). The summed E-state index contributed by atoms with van der Waals surface area (Å²) < 4.78 is 1.85. The third-order valence-electron chi connectivity index (χ3n) is 3.02. The molecule has 1 aromatic heterocycles. The van der Waals surface area contributed by atoms with Crippen LogP contribution in [0.25, 0.3) is 10.9 Å². The minimum Gasteiger partial charge on any atom is -0.478 e. The molecule has 0 aliphatic carbocycles. The lowest BCUT2D eigenvalue weighted by molar-refractivity contribution is 0.0698. The summed E-state index contributed by atoms with van der Waals surface area (Å²) >= 11 is 0. The van der Waals surface area contributed by atoms with Crippen molar-refractivity contribution in [2.75, 3.05) is 6.61 Å². The molecule has 1 heterocycles. The number of aryl methyl sites for hydroxylation is 1. The van der Waals surface area contributed by atoms with E-state index in [2.05, 4.69) is 0 Å². The van der Waals surface area contributed by atoms with E-state index in [0.29, 0.717) is 17.8 Å². The fourth-order valence-electron chi connectivity index (χ4n) is 2.25. The molecule has 0 spiro atoms. The van der Waals surface area contributed by atoms with Crippen molar-refractivity contribution >= 4 is 16.9 Å². The van der Waals surface area contributed by atoms with Gasteiger partial charge in [-0.05, 0) is 26.0 Å². The van der Waals surface area contributed by atoms with Gasteiger partial charge in [-0.15, -0.1) is 0 Å². The number of carboxylic acid groups (broad SMARTS) is 1. The van der Waals surface area contributed by atoms with Crippen LogP contribution in [0.2, 0.25) is 0 Å². The van der Waals surface area contributed by atoms with Crippen LogP contribution >= 0.6 is 0 Å². The molecule has 4 heteroatoms. The number of aliphatic hydroxyl groups excluding tert-OH is 1. The third-order valence-corrected chi connectivity index (χ3v) is 3.02. The molecule has 0 atom stereocenters. The number of fused-ring (bicyclic) bond motifs is 1. The number of carboxylic acids is 1. The van der Waals surface area contributed by atoms with Gasteiger partial charge in [0.25, 0.3) is 0 Å². The first-order valence-electron chi connectivity index (χ1n) is 5.50. The van der Waals surface area contributed by atoms with Crippen molar-refractivity contribution in [1.82, 2.24) is 4.57 Å². The molecule has 4 nitrogen and oxygen atoms in total. The molecule has 0 saturated carbocycles. The number of benzene rings is 1. The molecule has 0 unspecified atom stereocenters. The number of hydrogen-bond donors (Lipinski definition) is 2. The van der Waals surface area contributed by atoms with Gasteiger partial charge < -0.3 is 14.8 Å². The number of carbonyl (C=O) groups is 1. The summed E-state index contributed by atoms with van der Waals surface area (Å²) in [5, 5.41) is 19.0. The summed E-state index contributed by atoms with van der Waals surface area (Å²) in [6, 6.07) is 5.72. The largest absolute Gasteiger partial charge is 0.478 e. The summed E-state index contributed by atoms with van der Waals surface area (Å²) in [7, 11) is 0. The van der Waals surface area contributed by atoms with Gasteiger partial charge in [0.1, 0.15) is 0 Å². The zero-order valence-electron chi connectivity index (χ0n) is 9.90. The molecule has 2 N–H and O–H groups in total. The second-order valence-corrected chi connectivity index (χ2v) is 4.16. The maximum absolute atomic E-state index is 11.3. The van der Waals surface area contributed by atoms with E-state index in [4.69, 9.17) is 5.11 Å². The Kier molecular flexibility index (Phi) is 2.90. The van der Waals surface area contributed by atoms with Crippen LogP contribution in [-0.4, -0.2) is 27.4 Å². The predicted molar refractivity (Wildman–Crippen MR) is 65.5 cm³/mol. The second-order valence-electron chi connectivity index (χ2n) is 4.16. The Morgan fingerprint density at radius 3 is 2.65 bits per heavy atom. The third kappa shape index (κ3) is 1.80. The lowest BCUT2D eigenvalue weighted by atomic mass is 10.1. The molecular formula is C13H15NO3. The normalized spacial score (nSPS) is 11.0. The van der Waals surface area contributed by atoms with E-state index in [1.54, 1.807) is 6.92 Å². The first kappa shape index (κ1) is 11.7. The van der Waals surface area contributed by atoms with Crippen LogP contribution in [0, 0.1) is 13.8 Å². The Balaban J connectivity index is 2.83. The molecule has 0 fully saturated rings. The van der Waals surface area contributed by atoms with Gasteiger partial charge in [0.05, 0.1) is 12.2 Å². The first-order valence-corrected chi connectivity index (χ1v) is 5.50. The molecular weight excluding hydrogens is 218 g/mol. The second kappa shape index (κ2) is 4.22. The van der Waals surface area contributed by atoms with Crippen molar-refractivity contribution in [3.63, 3.8) is 0 Å². The number of nitrogens with zero attached hydrogens (tertiary/aromatic N) is 1. The Morgan fingerprint density at radius 2 is 2.06 bits per heavy atom. The molecule has 0 saturated heterocycles. The first-order chi connectivity index (χ1) is 8.06. The van der Waals surface area contributed by atoms with Crippen LogP contribution in [-0.2, 0) is 6.54 Å². The highest BCUT2D eigenvalue weighted by Gasteiger charge is 2.18. The van der Waals surface area contributed by atoms with Crippen LogP contribution in [0.5, 0.6) is 0 Å². The van der Waals surface area contributed by atoms with Crippen LogP contribution in [0.15, 0.2) is 18.2 Å². The van der Waals surface area contributed by atoms with Gasteiger partial charge in [-0.3, -0.25) is 0 Å². The summed E-state index contributed by atoms with van der Waals surface area (Å²) in [5.41, 5.74) is 2.91. The monoisotopic (exact) mass is 233 g/mol. The topological polar surface area (TPSA) is 62.5 Å². The zero-order valence-corrected chi connectivity index (χ0v) is 9.90. The van der Waals surface area contributed by atoms with E-state index >= 15 is 0 Å². The van der Waals surface area contributed by atoms with E-state index in [-0.39, 0.29) is 6.61 Å². The molecule has 0 aliphatic rings.